The molecule has 4 N–H and O–H groups in total. The Morgan fingerprint density at radius 2 is 1.52 bits per heavy atom. The van der Waals surface area contributed by atoms with E-state index in [0.717, 1.165) is 26.4 Å². The van der Waals surface area contributed by atoms with Gasteiger partial charge in [0, 0.05) is 44.7 Å². The number of hydrogen-bond donors (Lipinski definition) is 4. The molecule has 1 atom stereocenters. The number of anilines is 5. The molecule has 14 nitrogen and oxygen atoms in total. The van der Waals surface area contributed by atoms with Crippen LogP contribution < -0.4 is 21.3 Å². The average molecular weight is 853 g/mol. The monoisotopic (exact) mass is 852 g/mol. The Morgan fingerprint density at radius 3 is 2.23 bits per heavy atom. The van der Waals surface area contributed by atoms with Gasteiger partial charge in [-0.25, -0.2) is 24.5 Å². The molecule has 0 unspecified atom stereocenters. The van der Waals surface area contributed by atoms with Crippen LogP contribution >= 0.6 is 11.8 Å². The second-order valence-electron chi connectivity index (χ2n) is 16.0. The van der Waals surface area contributed by atoms with Crippen molar-refractivity contribution in [2.24, 2.45) is 0 Å². The van der Waals surface area contributed by atoms with Crippen molar-refractivity contribution in [2.45, 2.75) is 81.4 Å². The lowest BCUT2D eigenvalue weighted by molar-refractivity contribution is -0.120. The first-order valence-electron chi connectivity index (χ1n) is 20.3. The largest absolute Gasteiger partial charge is 0.445 e. The summed E-state index contributed by atoms with van der Waals surface area (Å²) in [6.45, 7) is 10.1. The van der Waals surface area contributed by atoms with Crippen molar-refractivity contribution < 1.29 is 28.7 Å². The third-order valence-corrected chi connectivity index (χ3v) is 10.8. The van der Waals surface area contributed by atoms with Gasteiger partial charge >= 0.3 is 12.2 Å². The summed E-state index contributed by atoms with van der Waals surface area (Å²) >= 11 is 1.47. The predicted octanol–water partition coefficient (Wildman–Crippen LogP) is 10.4. The summed E-state index contributed by atoms with van der Waals surface area (Å²) in [6, 6.07) is 32.1. The van der Waals surface area contributed by atoms with E-state index in [2.05, 4.69) is 45.1 Å². The minimum atomic E-state index is -0.656. The highest BCUT2D eigenvalue weighted by atomic mass is 32.2. The van der Waals surface area contributed by atoms with Gasteiger partial charge in [0.1, 0.15) is 30.4 Å². The van der Waals surface area contributed by atoms with Crippen molar-refractivity contribution in [3.8, 4) is 0 Å². The number of hydrogen-bond acceptors (Lipinski definition) is 11. The van der Waals surface area contributed by atoms with Gasteiger partial charge in [0.2, 0.25) is 5.91 Å². The summed E-state index contributed by atoms with van der Waals surface area (Å²) in [6.07, 6.45) is 1.60. The number of benzene rings is 4. The van der Waals surface area contributed by atoms with E-state index < -0.39 is 23.8 Å². The van der Waals surface area contributed by atoms with Gasteiger partial charge in [0.15, 0.2) is 5.65 Å². The lowest BCUT2D eigenvalue weighted by atomic mass is 10.1. The molecule has 7 rings (SSSR count). The molecule has 6 aromatic rings. The molecule has 4 amide bonds. The molecule has 0 saturated carbocycles. The van der Waals surface area contributed by atoms with Gasteiger partial charge < -0.3 is 25.4 Å². The van der Waals surface area contributed by atoms with Crippen LogP contribution in [0.4, 0.5) is 38.2 Å². The van der Waals surface area contributed by atoms with Gasteiger partial charge in [0.05, 0.1) is 11.1 Å². The molecule has 1 aliphatic heterocycles. The van der Waals surface area contributed by atoms with E-state index in [9.17, 15) is 19.2 Å². The molecule has 1 aliphatic rings. The van der Waals surface area contributed by atoms with Crippen LogP contribution in [0.25, 0.3) is 11.0 Å². The zero-order valence-electron chi connectivity index (χ0n) is 35.1. The van der Waals surface area contributed by atoms with E-state index in [1.807, 2.05) is 60.7 Å². The number of aromatic nitrogens is 3. The number of carbonyl (C=O) groups is 4. The Hall–Kier alpha value is -7.00. The number of rotatable bonds is 12. The minimum Gasteiger partial charge on any atom is -0.445 e. The van der Waals surface area contributed by atoms with Gasteiger partial charge in [-0.2, -0.15) is 0 Å². The van der Waals surface area contributed by atoms with Crippen LogP contribution in [-0.2, 0) is 20.9 Å². The molecule has 3 heterocycles. The molecule has 0 spiro atoms. The molecular formula is C47H48N8O6S. The van der Waals surface area contributed by atoms with Crippen LogP contribution in [0.1, 0.15) is 75.0 Å². The van der Waals surface area contributed by atoms with Crippen LogP contribution in [0.2, 0.25) is 0 Å². The fourth-order valence-electron chi connectivity index (χ4n) is 6.64. The van der Waals surface area contributed by atoms with Crippen LogP contribution in [0.5, 0.6) is 0 Å². The van der Waals surface area contributed by atoms with Crippen LogP contribution in [0.3, 0.4) is 0 Å². The highest BCUT2D eigenvalue weighted by Crippen LogP contribution is 2.37. The second-order valence-corrected chi connectivity index (χ2v) is 17.1. The molecule has 1 fully saturated rings. The summed E-state index contributed by atoms with van der Waals surface area (Å²) in [5, 5.41) is 12.8. The number of amides is 4. The number of nitrogens with one attached hydrogen (secondary N) is 4. The quantitative estimate of drug-likeness (QED) is 0.0921. The molecular weight excluding hydrogens is 805 g/mol. The zero-order valence-corrected chi connectivity index (χ0v) is 35.9. The lowest BCUT2D eigenvalue weighted by Gasteiger charge is -2.23. The van der Waals surface area contributed by atoms with E-state index in [-0.39, 0.29) is 24.3 Å². The van der Waals surface area contributed by atoms with Crippen molar-refractivity contribution in [2.75, 3.05) is 27.8 Å². The SMILES string of the molecule is CC(C)c1ccc2c(Nc3cc(C(=O)Nc4ccc(NC(=O)[C@@H]5CCCN5C(=O)OCc5ccccc5)cc4)ccc3Sc3ccc(NC(=O)OC(C)(C)C)cc3)ncnc2n1. The first-order chi connectivity index (χ1) is 29.8. The van der Waals surface area contributed by atoms with E-state index in [4.69, 9.17) is 14.5 Å². The highest BCUT2D eigenvalue weighted by Gasteiger charge is 2.35. The lowest BCUT2D eigenvalue weighted by Crippen LogP contribution is -2.43. The average Bonchev–Trinajstić information content (AvgIpc) is 3.75. The minimum absolute atomic E-state index is 0.126. The number of fused-ring (bicyclic) bond motifs is 1. The fourth-order valence-corrected chi connectivity index (χ4v) is 7.53. The van der Waals surface area contributed by atoms with Crippen LogP contribution in [-0.4, -0.2) is 62.0 Å². The maximum absolute atomic E-state index is 13.7. The molecule has 62 heavy (non-hydrogen) atoms. The van der Waals surface area contributed by atoms with Crippen molar-refractivity contribution in [3.63, 3.8) is 0 Å². The molecule has 0 bridgehead atoms. The maximum atomic E-state index is 13.7. The standard InChI is InChI=1S/C47H48N8O6S/c1-29(2)37-23-22-36-41(53-37)48-28-49-42(36)54-38-26-31(13-24-40(38)62-35-20-18-34(19-21-35)52-45(58)61-47(3,4)5)43(56)50-32-14-16-33(17-15-32)51-44(57)39-12-9-25-55(39)46(59)60-27-30-10-7-6-8-11-30/h6-8,10-11,13-24,26,28-29,39H,9,12,25,27H2,1-5H3,(H,50,56)(H,51,57)(H,52,58)(H,48,49,53,54)/t39-/m0/s1. The third-order valence-electron chi connectivity index (χ3n) is 9.74. The first-order valence-corrected chi connectivity index (χ1v) is 21.1. The summed E-state index contributed by atoms with van der Waals surface area (Å²) in [5.74, 6) is 0.0763. The van der Waals surface area contributed by atoms with E-state index in [0.29, 0.717) is 59.2 Å². The van der Waals surface area contributed by atoms with Gasteiger partial charge in [-0.1, -0.05) is 55.9 Å². The van der Waals surface area contributed by atoms with E-state index in [1.54, 1.807) is 69.3 Å². The number of ether oxygens (including phenoxy) is 2. The normalized spacial score (nSPS) is 13.7. The molecule has 4 aromatic carbocycles. The number of pyridine rings is 1. The van der Waals surface area contributed by atoms with Gasteiger partial charge in [-0.05, 0) is 124 Å². The van der Waals surface area contributed by atoms with Gasteiger partial charge in [-0.15, -0.1) is 0 Å². The predicted molar refractivity (Wildman–Crippen MR) is 241 cm³/mol. The van der Waals surface area contributed by atoms with Crippen LogP contribution in [0, 0.1) is 0 Å². The van der Waals surface area contributed by atoms with E-state index in [1.165, 1.54) is 23.0 Å². The van der Waals surface area contributed by atoms with Gasteiger partial charge in [-0.3, -0.25) is 19.8 Å². The summed E-state index contributed by atoms with van der Waals surface area (Å²) < 4.78 is 10.9. The smallest absolute Gasteiger partial charge is 0.412 e. The molecule has 0 aliphatic carbocycles. The van der Waals surface area contributed by atoms with Crippen molar-refractivity contribution in [1.82, 2.24) is 19.9 Å². The van der Waals surface area contributed by atoms with Crippen molar-refractivity contribution in [3.05, 3.63) is 132 Å². The second kappa shape index (κ2) is 19.1. The number of carbonyl (C=O) groups excluding carboxylic acids is 4. The van der Waals surface area contributed by atoms with Crippen molar-refractivity contribution in [1.29, 1.82) is 0 Å². The van der Waals surface area contributed by atoms with Gasteiger partial charge in [0.25, 0.3) is 5.91 Å². The molecule has 318 valence electrons. The Kier molecular flexibility index (Phi) is 13.3. The van der Waals surface area contributed by atoms with Crippen LogP contribution in [0.15, 0.2) is 125 Å². The van der Waals surface area contributed by atoms with Crippen molar-refractivity contribution >= 4 is 75.4 Å². The first kappa shape index (κ1) is 43.1. The molecule has 2 aromatic heterocycles. The summed E-state index contributed by atoms with van der Waals surface area (Å²) in [5.41, 5.74) is 4.32. The summed E-state index contributed by atoms with van der Waals surface area (Å²) in [4.78, 5) is 69.1. The van der Waals surface area contributed by atoms with E-state index >= 15 is 0 Å². The molecule has 15 heteroatoms. The number of likely N-dealkylation sites (tertiary alicyclic amines) is 1. The summed E-state index contributed by atoms with van der Waals surface area (Å²) in [7, 11) is 0. The Bertz CT molecular complexity index is 2570. The molecule has 0 radical (unpaired) electrons. The Labute approximate surface area is 364 Å². The Balaban J connectivity index is 1.05. The maximum Gasteiger partial charge on any atom is 0.412 e. The Morgan fingerprint density at radius 1 is 0.823 bits per heavy atom. The highest BCUT2D eigenvalue weighted by molar-refractivity contribution is 7.99. The topological polar surface area (TPSA) is 177 Å². The number of nitrogens with zero attached hydrogens (tertiary/aromatic N) is 4. The fraction of sp³-hybridized carbons (Fsp3) is 0.255. The molecule has 1 saturated heterocycles. The third kappa shape index (κ3) is 11.2. The zero-order chi connectivity index (χ0) is 43.8.